The molecule has 1 aliphatic rings. The zero-order valence-corrected chi connectivity index (χ0v) is 20.2. The minimum Gasteiger partial charge on any atom is -0.394 e. The Morgan fingerprint density at radius 3 is 1.53 bits per heavy atom. The molecule has 0 saturated carbocycles. The fourth-order valence-corrected chi connectivity index (χ4v) is 4.52. The first-order valence-corrected chi connectivity index (χ1v) is 13.1. The Kier molecular flexibility index (Phi) is 16.8. The molecule has 6 N–H and O–H groups in total. The summed E-state index contributed by atoms with van der Waals surface area (Å²) in [5.74, 6) is 0. The van der Waals surface area contributed by atoms with E-state index in [4.69, 9.17) is 4.74 Å². The third-order valence-electron chi connectivity index (χ3n) is 6.78. The SMILES string of the molecule is CCCCCCCCCCCCCCC(O)C(O)CCCC1OC(CO)C(O)C(O)C1O. The highest BCUT2D eigenvalue weighted by molar-refractivity contribution is 4.91. The molecule has 7 heteroatoms. The van der Waals surface area contributed by atoms with Crippen molar-refractivity contribution in [1.29, 1.82) is 0 Å². The minimum absolute atomic E-state index is 0.365. The van der Waals surface area contributed by atoms with Crippen LogP contribution in [0.2, 0.25) is 0 Å². The molecule has 7 unspecified atom stereocenters. The smallest absolute Gasteiger partial charge is 0.111 e. The summed E-state index contributed by atoms with van der Waals surface area (Å²) in [7, 11) is 0. The number of aliphatic hydroxyl groups excluding tert-OH is 6. The molecule has 1 heterocycles. The molecule has 7 atom stereocenters. The number of rotatable bonds is 19. The zero-order valence-electron chi connectivity index (χ0n) is 20.2. The summed E-state index contributed by atoms with van der Waals surface area (Å²) in [4.78, 5) is 0. The summed E-state index contributed by atoms with van der Waals surface area (Å²) in [5, 5.41) is 59.3. The van der Waals surface area contributed by atoms with Crippen LogP contribution in [0.15, 0.2) is 0 Å². The van der Waals surface area contributed by atoms with Gasteiger partial charge in [-0.25, -0.2) is 0 Å². The van der Waals surface area contributed by atoms with Crippen molar-refractivity contribution in [1.82, 2.24) is 0 Å². The van der Waals surface area contributed by atoms with Gasteiger partial charge >= 0.3 is 0 Å². The standard InChI is InChI=1S/C25H50O7/c1-2-3-4-5-6-7-8-9-10-11-12-13-15-19(27)20(28)16-14-17-21-23(29)25(31)24(30)22(18-26)32-21/h19-31H,2-18H2,1H3. The van der Waals surface area contributed by atoms with Gasteiger partial charge in [0.1, 0.15) is 24.4 Å². The molecule has 0 radical (unpaired) electrons. The first-order valence-electron chi connectivity index (χ1n) is 13.1. The van der Waals surface area contributed by atoms with E-state index in [2.05, 4.69) is 6.92 Å². The lowest BCUT2D eigenvalue weighted by Gasteiger charge is -2.40. The second-order valence-electron chi connectivity index (χ2n) is 9.61. The summed E-state index contributed by atoms with van der Waals surface area (Å²) >= 11 is 0. The predicted molar refractivity (Wildman–Crippen MR) is 125 cm³/mol. The Hall–Kier alpha value is -0.280. The van der Waals surface area contributed by atoms with E-state index in [1.807, 2.05) is 0 Å². The maximum absolute atomic E-state index is 10.2. The van der Waals surface area contributed by atoms with Crippen LogP contribution in [0.4, 0.5) is 0 Å². The van der Waals surface area contributed by atoms with E-state index in [1.54, 1.807) is 0 Å². The van der Waals surface area contributed by atoms with Crippen LogP contribution in [0, 0.1) is 0 Å². The van der Waals surface area contributed by atoms with Gasteiger partial charge in [0.25, 0.3) is 0 Å². The largest absolute Gasteiger partial charge is 0.394 e. The quantitative estimate of drug-likeness (QED) is 0.163. The summed E-state index contributed by atoms with van der Waals surface area (Å²) in [5.41, 5.74) is 0. The fourth-order valence-electron chi connectivity index (χ4n) is 4.52. The molecule has 32 heavy (non-hydrogen) atoms. The highest BCUT2D eigenvalue weighted by atomic mass is 16.5. The molecular formula is C25H50O7. The monoisotopic (exact) mass is 462 g/mol. The average molecular weight is 463 g/mol. The Morgan fingerprint density at radius 2 is 1.03 bits per heavy atom. The molecule has 192 valence electrons. The van der Waals surface area contributed by atoms with E-state index in [0.717, 1.165) is 12.8 Å². The van der Waals surface area contributed by atoms with Gasteiger partial charge in [-0.1, -0.05) is 84.0 Å². The Balaban J connectivity index is 2.03. The van der Waals surface area contributed by atoms with Crippen molar-refractivity contribution in [3.8, 4) is 0 Å². The number of hydrogen-bond acceptors (Lipinski definition) is 7. The van der Waals surface area contributed by atoms with Crippen LogP contribution in [0.1, 0.15) is 110 Å². The molecule has 1 rings (SSSR count). The fraction of sp³-hybridized carbons (Fsp3) is 1.00. The van der Waals surface area contributed by atoms with E-state index in [0.29, 0.717) is 25.7 Å². The number of ether oxygens (including phenoxy) is 1. The maximum Gasteiger partial charge on any atom is 0.111 e. The maximum atomic E-state index is 10.2. The van der Waals surface area contributed by atoms with Crippen LogP contribution in [0.3, 0.4) is 0 Å². The molecule has 0 aromatic carbocycles. The number of unbranched alkanes of at least 4 members (excludes halogenated alkanes) is 11. The van der Waals surface area contributed by atoms with E-state index in [1.165, 1.54) is 64.2 Å². The van der Waals surface area contributed by atoms with Crippen molar-refractivity contribution in [3.63, 3.8) is 0 Å². The molecule has 0 aromatic heterocycles. The molecular weight excluding hydrogens is 412 g/mol. The predicted octanol–water partition coefficient (Wildman–Crippen LogP) is 2.81. The third-order valence-corrected chi connectivity index (χ3v) is 6.78. The van der Waals surface area contributed by atoms with Crippen LogP contribution in [-0.2, 0) is 4.74 Å². The molecule has 0 spiro atoms. The molecule has 0 aliphatic carbocycles. The second-order valence-corrected chi connectivity index (χ2v) is 9.61. The normalized spacial score (nSPS) is 28.0. The van der Waals surface area contributed by atoms with Crippen LogP contribution in [0.5, 0.6) is 0 Å². The average Bonchev–Trinajstić information content (AvgIpc) is 2.79. The Labute approximate surface area is 194 Å². The molecule has 1 aliphatic heterocycles. The van der Waals surface area contributed by atoms with Gasteiger partial charge in [0.2, 0.25) is 0 Å². The van der Waals surface area contributed by atoms with Gasteiger partial charge in [0, 0.05) is 0 Å². The van der Waals surface area contributed by atoms with Crippen LogP contribution >= 0.6 is 0 Å². The van der Waals surface area contributed by atoms with Gasteiger partial charge in [-0.15, -0.1) is 0 Å². The van der Waals surface area contributed by atoms with Crippen molar-refractivity contribution in [2.24, 2.45) is 0 Å². The number of aliphatic hydroxyl groups is 6. The van der Waals surface area contributed by atoms with Gasteiger partial charge in [0.05, 0.1) is 24.9 Å². The second kappa shape index (κ2) is 18.1. The lowest BCUT2D eigenvalue weighted by molar-refractivity contribution is -0.230. The van der Waals surface area contributed by atoms with E-state index < -0.39 is 49.3 Å². The molecule has 0 bridgehead atoms. The molecule has 7 nitrogen and oxygen atoms in total. The van der Waals surface area contributed by atoms with Gasteiger partial charge in [-0.3, -0.25) is 0 Å². The summed E-state index contributed by atoms with van der Waals surface area (Å²) < 4.78 is 5.47. The first kappa shape index (κ1) is 29.8. The van der Waals surface area contributed by atoms with E-state index in [9.17, 15) is 30.6 Å². The Morgan fingerprint density at radius 1 is 0.594 bits per heavy atom. The Bertz CT molecular complexity index is 435. The van der Waals surface area contributed by atoms with Crippen molar-refractivity contribution in [3.05, 3.63) is 0 Å². The van der Waals surface area contributed by atoms with E-state index >= 15 is 0 Å². The van der Waals surface area contributed by atoms with Crippen molar-refractivity contribution in [2.45, 2.75) is 152 Å². The summed E-state index contributed by atoms with van der Waals surface area (Å²) in [6, 6.07) is 0. The minimum atomic E-state index is -1.37. The lowest BCUT2D eigenvalue weighted by atomic mass is 9.91. The van der Waals surface area contributed by atoms with Crippen molar-refractivity contribution in [2.75, 3.05) is 6.61 Å². The highest BCUT2D eigenvalue weighted by Crippen LogP contribution is 2.25. The topological polar surface area (TPSA) is 131 Å². The van der Waals surface area contributed by atoms with Crippen LogP contribution in [0.25, 0.3) is 0 Å². The van der Waals surface area contributed by atoms with Crippen molar-refractivity contribution >= 4 is 0 Å². The number of hydrogen-bond donors (Lipinski definition) is 6. The van der Waals surface area contributed by atoms with Crippen molar-refractivity contribution < 1.29 is 35.4 Å². The van der Waals surface area contributed by atoms with Gasteiger partial charge in [-0.05, 0) is 25.7 Å². The summed E-state index contributed by atoms with van der Waals surface area (Å²) in [6.07, 6.45) is 9.77. The lowest BCUT2D eigenvalue weighted by Crippen LogP contribution is -2.58. The highest BCUT2D eigenvalue weighted by Gasteiger charge is 2.42. The first-order chi connectivity index (χ1) is 15.4. The molecule has 0 aromatic rings. The summed E-state index contributed by atoms with van der Waals surface area (Å²) in [6.45, 7) is 1.80. The molecule has 0 amide bonds. The zero-order chi connectivity index (χ0) is 23.8. The van der Waals surface area contributed by atoms with Crippen LogP contribution in [-0.4, -0.2) is 80.0 Å². The van der Waals surface area contributed by atoms with Gasteiger partial charge in [0.15, 0.2) is 0 Å². The molecule has 1 saturated heterocycles. The van der Waals surface area contributed by atoms with Gasteiger partial charge in [-0.2, -0.15) is 0 Å². The van der Waals surface area contributed by atoms with Gasteiger partial charge < -0.3 is 35.4 Å². The van der Waals surface area contributed by atoms with Crippen LogP contribution < -0.4 is 0 Å². The molecule has 1 fully saturated rings. The van der Waals surface area contributed by atoms with E-state index in [-0.39, 0.29) is 0 Å². The third kappa shape index (κ3) is 11.7.